The summed E-state index contributed by atoms with van der Waals surface area (Å²) in [4.78, 5) is 4.71. The summed E-state index contributed by atoms with van der Waals surface area (Å²) in [6.45, 7) is 8.88. The lowest BCUT2D eigenvalue weighted by Gasteiger charge is -2.28. The van der Waals surface area contributed by atoms with Crippen molar-refractivity contribution >= 4 is 5.82 Å². The zero-order valence-electron chi connectivity index (χ0n) is 14.7. The lowest BCUT2D eigenvalue weighted by molar-refractivity contribution is -0.647. The number of aryl methyl sites for hydroxylation is 1. The fourth-order valence-corrected chi connectivity index (χ4v) is 3.38. The standard InChI is InChI=1S/C20H26N3/c1-15(2)22-13-14-23(17(22)4)20-12-8-11-19(21(20)5)18-10-7-6-9-16(18)3/h6-15,17H,1-5H3/q+1/t17-/m0/s1. The Labute approximate surface area is 139 Å². The number of aromatic nitrogens is 1. The third kappa shape index (κ3) is 2.72. The largest absolute Gasteiger partial charge is 0.334 e. The van der Waals surface area contributed by atoms with Gasteiger partial charge in [0.1, 0.15) is 11.9 Å². The molecule has 1 atom stereocenters. The minimum absolute atomic E-state index is 0.327. The highest BCUT2D eigenvalue weighted by atomic mass is 15.4. The minimum atomic E-state index is 0.327. The van der Waals surface area contributed by atoms with Gasteiger partial charge in [-0.05, 0) is 45.4 Å². The summed E-state index contributed by atoms with van der Waals surface area (Å²) in [5, 5.41) is 0. The van der Waals surface area contributed by atoms with Gasteiger partial charge in [0.05, 0.1) is 7.05 Å². The summed E-state index contributed by atoms with van der Waals surface area (Å²) in [7, 11) is 2.15. The number of rotatable bonds is 3. The quantitative estimate of drug-likeness (QED) is 0.798. The van der Waals surface area contributed by atoms with Crippen molar-refractivity contribution in [2.75, 3.05) is 4.90 Å². The molecule has 1 aliphatic rings. The van der Waals surface area contributed by atoms with E-state index in [1.807, 2.05) is 0 Å². The van der Waals surface area contributed by atoms with Crippen LogP contribution in [0.15, 0.2) is 54.9 Å². The molecule has 0 radical (unpaired) electrons. The highest BCUT2D eigenvalue weighted by Crippen LogP contribution is 2.26. The van der Waals surface area contributed by atoms with Gasteiger partial charge in [0.15, 0.2) is 6.17 Å². The smallest absolute Gasteiger partial charge is 0.283 e. The molecule has 23 heavy (non-hydrogen) atoms. The van der Waals surface area contributed by atoms with Crippen molar-refractivity contribution in [3.8, 4) is 11.3 Å². The SMILES string of the molecule is Cc1ccccc1-c1cccc(N2C=CN(C(C)C)[C@@H]2C)[n+]1C. The molecule has 1 aromatic carbocycles. The Kier molecular flexibility index (Phi) is 4.12. The van der Waals surface area contributed by atoms with Crippen LogP contribution in [0.5, 0.6) is 0 Å². The third-order valence-corrected chi connectivity index (χ3v) is 4.72. The number of anilines is 1. The molecule has 0 saturated carbocycles. The van der Waals surface area contributed by atoms with Gasteiger partial charge in [-0.3, -0.25) is 0 Å². The molecule has 0 spiro atoms. The Hall–Kier alpha value is -2.29. The molecule has 1 aliphatic heterocycles. The van der Waals surface area contributed by atoms with Crippen LogP contribution in [0.2, 0.25) is 0 Å². The first-order valence-corrected chi connectivity index (χ1v) is 8.30. The first-order chi connectivity index (χ1) is 11.0. The second-order valence-corrected chi connectivity index (χ2v) is 6.52. The van der Waals surface area contributed by atoms with E-state index in [0.717, 1.165) is 0 Å². The van der Waals surface area contributed by atoms with Gasteiger partial charge in [0, 0.05) is 23.9 Å². The zero-order valence-corrected chi connectivity index (χ0v) is 14.7. The van der Waals surface area contributed by atoms with Gasteiger partial charge < -0.3 is 4.90 Å². The molecule has 2 heterocycles. The molecule has 120 valence electrons. The molecule has 0 amide bonds. The maximum absolute atomic E-state index is 2.38. The van der Waals surface area contributed by atoms with E-state index in [9.17, 15) is 0 Å². The first kappa shape index (κ1) is 15.6. The van der Waals surface area contributed by atoms with Gasteiger partial charge in [0.2, 0.25) is 0 Å². The van der Waals surface area contributed by atoms with E-state index in [1.165, 1.54) is 22.6 Å². The first-order valence-electron chi connectivity index (χ1n) is 8.30. The van der Waals surface area contributed by atoms with Crippen LogP contribution in [0.1, 0.15) is 26.3 Å². The molecular formula is C20H26N3+. The Balaban J connectivity index is 2.02. The van der Waals surface area contributed by atoms with Crippen LogP contribution >= 0.6 is 0 Å². The van der Waals surface area contributed by atoms with Gasteiger partial charge in [-0.15, -0.1) is 0 Å². The fourth-order valence-electron chi connectivity index (χ4n) is 3.38. The number of pyridine rings is 1. The lowest BCUT2D eigenvalue weighted by atomic mass is 10.0. The molecule has 3 heteroatoms. The predicted octanol–water partition coefficient (Wildman–Crippen LogP) is 3.83. The molecule has 0 aliphatic carbocycles. The highest BCUT2D eigenvalue weighted by molar-refractivity contribution is 5.61. The van der Waals surface area contributed by atoms with Crippen LogP contribution in [0.4, 0.5) is 5.82 Å². The summed E-state index contributed by atoms with van der Waals surface area (Å²) in [6, 6.07) is 15.6. The van der Waals surface area contributed by atoms with Crippen LogP contribution in [0.25, 0.3) is 11.3 Å². The van der Waals surface area contributed by atoms with Gasteiger partial charge in [-0.2, -0.15) is 0 Å². The summed E-state index contributed by atoms with van der Waals surface area (Å²) in [5.41, 5.74) is 3.83. The Morgan fingerprint density at radius 3 is 2.39 bits per heavy atom. The predicted molar refractivity (Wildman–Crippen MR) is 95.8 cm³/mol. The maximum Gasteiger partial charge on any atom is 0.283 e. The molecule has 3 nitrogen and oxygen atoms in total. The van der Waals surface area contributed by atoms with Crippen molar-refractivity contribution in [1.29, 1.82) is 0 Å². The van der Waals surface area contributed by atoms with Crippen LogP contribution in [-0.2, 0) is 7.05 Å². The topological polar surface area (TPSA) is 10.4 Å². The molecule has 0 unspecified atom stereocenters. The zero-order chi connectivity index (χ0) is 16.6. The van der Waals surface area contributed by atoms with Crippen LogP contribution in [0, 0.1) is 6.92 Å². The number of nitrogens with zero attached hydrogens (tertiary/aromatic N) is 3. The monoisotopic (exact) mass is 308 g/mol. The van der Waals surface area contributed by atoms with Gasteiger partial charge in [-0.1, -0.05) is 24.3 Å². The van der Waals surface area contributed by atoms with E-state index in [4.69, 9.17) is 0 Å². The summed E-state index contributed by atoms with van der Waals surface area (Å²) in [6.07, 6.45) is 4.70. The Bertz CT molecular complexity index is 733. The van der Waals surface area contributed by atoms with Crippen LogP contribution in [0.3, 0.4) is 0 Å². The average Bonchev–Trinajstić information content (AvgIpc) is 2.90. The second-order valence-electron chi connectivity index (χ2n) is 6.52. The Morgan fingerprint density at radius 2 is 1.74 bits per heavy atom. The van der Waals surface area contributed by atoms with E-state index in [0.29, 0.717) is 12.2 Å². The number of hydrogen-bond donors (Lipinski definition) is 0. The van der Waals surface area contributed by atoms with Crippen LogP contribution < -0.4 is 9.47 Å². The second kappa shape index (κ2) is 6.07. The lowest BCUT2D eigenvalue weighted by Crippen LogP contribution is -2.45. The molecule has 0 bridgehead atoms. The van der Waals surface area contributed by atoms with Gasteiger partial charge in [0.25, 0.3) is 5.82 Å². The van der Waals surface area contributed by atoms with Crippen molar-refractivity contribution in [3.05, 3.63) is 60.4 Å². The molecule has 1 aromatic heterocycles. The summed E-state index contributed by atoms with van der Waals surface area (Å²) in [5.74, 6) is 1.21. The molecule has 0 saturated heterocycles. The van der Waals surface area contributed by atoms with Gasteiger partial charge in [-0.25, -0.2) is 9.47 Å². The van der Waals surface area contributed by atoms with E-state index >= 15 is 0 Å². The summed E-state index contributed by atoms with van der Waals surface area (Å²) >= 11 is 0. The average molecular weight is 308 g/mol. The molecule has 0 fully saturated rings. The van der Waals surface area contributed by atoms with Gasteiger partial charge >= 0.3 is 0 Å². The van der Waals surface area contributed by atoms with E-state index in [2.05, 4.69) is 104 Å². The molecule has 0 N–H and O–H groups in total. The molecule has 3 rings (SSSR count). The molecule has 2 aromatic rings. The van der Waals surface area contributed by atoms with E-state index in [1.54, 1.807) is 0 Å². The maximum atomic E-state index is 2.38. The van der Waals surface area contributed by atoms with Crippen molar-refractivity contribution in [2.45, 2.75) is 39.9 Å². The molecular weight excluding hydrogens is 282 g/mol. The van der Waals surface area contributed by atoms with Crippen molar-refractivity contribution in [2.24, 2.45) is 7.05 Å². The summed E-state index contributed by atoms with van der Waals surface area (Å²) < 4.78 is 2.28. The van der Waals surface area contributed by atoms with E-state index in [-0.39, 0.29) is 0 Å². The Morgan fingerprint density at radius 1 is 1.00 bits per heavy atom. The normalized spacial score (nSPS) is 17.4. The third-order valence-electron chi connectivity index (χ3n) is 4.72. The fraction of sp³-hybridized carbons (Fsp3) is 0.350. The van der Waals surface area contributed by atoms with Crippen molar-refractivity contribution in [1.82, 2.24) is 4.90 Å². The number of benzene rings is 1. The number of hydrogen-bond acceptors (Lipinski definition) is 2. The highest BCUT2D eigenvalue weighted by Gasteiger charge is 2.33. The van der Waals surface area contributed by atoms with E-state index < -0.39 is 0 Å². The minimum Gasteiger partial charge on any atom is -0.334 e. The van der Waals surface area contributed by atoms with Crippen molar-refractivity contribution < 1.29 is 4.57 Å². The van der Waals surface area contributed by atoms with Crippen LogP contribution in [-0.4, -0.2) is 17.1 Å². The van der Waals surface area contributed by atoms with Crippen molar-refractivity contribution in [3.63, 3.8) is 0 Å².